The molecule has 1 amide bonds. The number of carbonyl (C=O) groups is 1. The Morgan fingerprint density at radius 2 is 1.70 bits per heavy atom. The Bertz CT molecular complexity index is 553. The van der Waals surface area contributed by atoms with Crippen molar-refractivity contribution in [1.82, 2.24) is 5.32 Å². The monoisotopic (exact) mass is 296 g/mol. The van der Waals surface area contributed by atoms with Crippen LogP contribution in [0.25, 0.3) is 0 Å². The second-order valence-corrected chi connectivity index (χ2v) is 7.49. The van der Waals surface area contributed by atoms with Gasteiger partial charge in [-0.25, -0.2) is 8.42 Å². The molecule has 2 rings (SSSR count). The van der Waals surface area contributed by atoms with Crippen molar-refractivity contribution in [3.8, 4) is 0 Å². The highest BCUT2D eigenvalue weighted by molar-refractivity contribution is 7.91. The zero-order valence-electron chi connectivity index (χ0n) is 11.3. The van der Waals surface area contributed by atoms with E-state index in [1.807, 2.05) is 24.3 Å². The molecule has 0 spiro atoms. The van der Waals surface area contributed by atoms with Gasteiger partial charge in [0, 0.05) is 12.6 Å². The zero-order chi connectivity index (χ0) is 14.6. The molecule has 6 heteroatoms. The SMILES string of the molecule is NCc1ccc(CC(=O)NC2CCS(=O)(=O)CC2)cc1. The summed E-state index contributed by atoms with van der Waals surface area (Å²) in [6, 6.07) is 7.60. The Morgan fingerprint density at radius 1 is 1.15 bits per heavy atom. The van der Waals surface area contributed by atoms with E-state index in [4.69, 9.17) is 5.73 Å². The molecule has 1 fully saturated rings. The second kappa shape index (κ2) is 6.37. The van der Waals surface area contributed by atoms with Gasteiger partial charge in [0.05, 0.1) is 17.9 Å². The summed E-state index contributed by atoms with van der Waals surface area (Å²) in [5, 5.41) is 2.91. The molecule has 0 radical (unpaired) electrons. The minimum atomic E-state index is -2.88. The van der Waals surface area contributed by atoms with E-state index in [9.17, 15) is 13.2 Å². The van der Waals surface area contributed by atoms with Crippen LogP contribution in [0.3, 0.4) is 0 Å². The van der Waals surface area contributed by atoms with E-state index >= 15 is 0 Å². The molecule has 0 saturated carbocycles. The van der Waals surface area contributed by atoms with E-state index in [-0.39, 0.29) is 23.5 Å². The molecule has 0 atom stereocenters. The first-order chi connectivity index (χ1) is 9.48. The topological polar surface area (TPSA) is 89.3 Å². The first-order valence-corrected chi connectivity index (χ1v) is 8.58. The van der Waals surface area contributed by atoms with Crippen LogP contribution in [0.15, 0.2) is 24.3 Å². The van der Waals surface area contributed by atoms with E-state index in [1.165, 1.54) is 0 Å². The quantitative estimate of drug-likeness (QED) is 0.840. The maximum atomic E-state index is 11.9. The molecule has 0 unspecified atom stereocenters. The fourth-order valence-electron chi connectivity index (χ4n) is 2.29. The lowest BCUT2D eigenvalue weighted by Crippen LogP contribution is -2.41. The average molecular weight is 296 g/mol. The van der Waals surface area contributed by atoms with Gasteiger partial charge in [0.1, 0.15) is 9.84 Å². The lowest BCUT2D eigenvalue weighted by molar-refractivity contribution is -0.121. The molecule has 0 aliphatic carbocycles. The van der Waals surface area contributed by atoms with Crippen LogP contribution in [-0.2, 0) is 27.6 Å². The number of carbonyl (C=O) groups excluding carboxylic acids is 1. The summed E-state index contributed by atoms with van der Waals surface area (Å²) >= 11 is 0. The Hall–Kier alpha value is -1.40. The highest BCUT2D eigenvalue weighted by Gasteiger charge is 2.24. The van der Waals surface area contributed by atoms with Crippen molar-refractivity contribution in [1.29, 1.82) is 0 Å². The maximum absolute atomic E-state index is 11.9. The van der Waals surface area contributed by atoms with Crippen LogP contribution in [0, 0.1) is 0 Å². The summed E-state index contributed by atoms with van der Waals surface area (Å²) in [7, 11) is -2.88. The van der Waals surface area contributed by atoms with E-state index in [0.717, 1.165) is 11.1 Å². The molecule has 1 aromatic carbocycles. The van der Waals surface area contributed by atoms with Crippen LogP contribution in [0.1, 0.15) is 24.0 Å². The first-order valence-electron chi connectivity index (χ1n) is 6.76. The largest absolute Gasteiger partial charge is 0.353 e. The predicted molar refractivity (Wildman–Crippen MR) is 77.9 cm³/mol. The van der Waals surface area contributed by atoms with Gasteiger partial charge in [0.15, 0.2) is 0 Å². The van der Waals surface area contributed by atoms with Crippen LogP contribution in [0.5, 0.6) is 0 Å². The van der Waals surface area contributed by atoms with Gasteiger partial charge in [-0.05, 0) is 24.0 Å². The van der Waals surface area contributed by atoms with Gasteiger partial charge in [-0.2, -0.15) is 0 Å². The standard InChI is InChI=1S/C14H20N2O3S/c15-10-12-3-1-11(2-4-12)9-14(17)16-13-5-7-20(18,19)8-6-13/h1-4,13H,5-10,15H2,(H,16,17). The van der Waals surface area contributed by atoms with Gasteiger partial charge < -0.3 is 11.1 Å². The van der Waals surface area contributed by atoms with Crippen molar-refractivity contribution in [3.05, 3.63) is 35.4 Å². The van der Waals surface area contributed by atoms with Crippen molar-refractivity contribution < 1.29 is 13.2 Å². The molecule has 0 aromatic heterocycles. The number of nitrogens with one attached hydrogen (secondary N) is 1. The van der Waals surface area contributed by atoms with E-state index in [0.29, 0.717) is 25.8 Å². The summed E-state index contributed by atoms with van der Waals surface area (Å²) in [6.45, 7) is 0.489. The summed E-state index contributed by atoms with van der Waals surface area (Å²) in [5.41, 5.74) is 7.49. The molecule has 1 aliphatic heterocycles. The van der Waals surface area contributed by atoms with Gasteiger partial charge in [0.2, 0.25) is 5.91 Å². The highest BCUT2D eigenvalue weighted by atomic mass is 32.2. The Morgan fingerprint density at radius 3 is 2.25 bits per heavy atom. The third-order valence-corrected chi connectivity index (χ3v) is 5.26. The van der Waals surface area contributed by atoms with Gasteiger partial charge in [-0.15, -0.1) is 0 Å². The van der Waals surface area contributed by atoms with Crippen LogP contribution < -0.4 is 11.1 Å². The fourth-order valence-corrected chi connectivity index (χ4v) is 3.78. The maximum Gasteiger partial charge on any atom is 0.224 e. The molecule has 3 N–H and O–H groups in total. The molecular formula is C14H20N2O3S. The normalized spacial score (nSPS) is 18.6. The molecule has 110 valence electrons. The summed E-state index contributed by atoms with van der Waals surface area (Å²) in [5.74, 6) is 0.279. The first kappa shape index (κ1) is 15.0. The lowest BCUT2D eigenvalue weighted by atomic mass is 10.1. The van der Waals surface area contributed by atoms with Gasteiger partial charge >= 0.3 is 0 Å². The van der Waals surface area contributed by atoms with Crippen molar-refractivity contribution in [3.63, 3.8) is 0 Å². The average Bonchev–Trinajstić information content (AvgIpc) is 2.42. The van der Waals surface area contributed by atoms with Crippen molar-refractivity contribution in [2.75, 3.05) is 11.5 Å². The number of rotatable bonds is 4. The Balaban J connectivity index is 1.83. The highest BCUT2D eigenvalue weighted by Crippen LogP contribution is 2.12. The van der Waals surface area contributed by atoms with E-state index in [1.54, 1.807) is 0 Å². The molecule has 20 heavy (non-hydrogen) atoms. The van der Waals surface area contributed by atoms with Gasteiger partial charge in [-0.1, -0.05) is 24.3 Å². The number of benzene rings is 1. The zero-order valence-corrected chi connectivity index (χ0v) is 12.2. The van der Waals surface area contributed by atoms with Crippen LogP contribution >= 0.6 is 0 Å². The number of nitrogens with two attached hydrogens (primary N) is 1. The molecule has 0 bridgehead atoms. The molecular weight excluding hydrogens is 276 g/mol. The van der Waals surface area contributed by atoms with Gasteiger partial charge in [0.25, 0.3) is 0 Å². The molecule has 1 heterocycles. The number of sulfone groups is 1. The molecule has 1 aliphatic rings. The van der Waals surface area contributed by atoms with Crippen molar-refractivity contribution in [2.45, 2.75) is 31.8 Å². The fraction of sp³-hybridized carbons (Fsp3) is 0.500. The third-order valence-electron chi connectivity index (χ3n) is 3.54. The van der Waals surface area contributed by atoms with Crippen LogP contribution in [0.4, 0.5) is 0 Å². The van der Waals surface area contributed by atoms with Crippen molar-refractivity contribution in [2.24, 2.45) is 5.73 Å². The number of hydrogen-bond acceptors (Lipinski definition) is 4. The third kappa shape index (κ3) is 4.31. The predicted octanol–water partition coefficient (Wildman–Crippen LogP) is 0.381. The van der Waals surface area contributed by atoms with Crippen LogP contribution in [-0.4, -0.2) is 31.9 Å². The molecule has 1 saturated heterocycles. The minimum absolute atomic E-state index is 0.0191. The Labute approximate surface area is 119 Å². The summed E-state index contributed by atoms with van der Waals surface area (Å²) in [4.78, 5) is 11.9. The molecule has 5 nitrogen and oxygen atoms in total. The Kier molecular flexibility index (Phi) is 4.77. The number of hydrogen-bond donors (Lipinski definition) is 2. The summed E-state index contributed by atoms with van der Waals surface area (Å²) in [6.07, 6.45) is 1.34. The van der Waals surface area contributed by atoms with Gasteiger partial charge in [-0.3, -0.25) is 4.79 Å². The summed E-state index contributed by atoms with van der Waals surface area (Å²) < 4.78 is 22.6. The molecule has 1 aromatic rings. The lowest BCUT2D eigenvalue weighted by Gasteiger charge is -2.23. The minimum Gasteiger partial charge on any atom is -0.353 e. The van der Waals surface area contributed by atoms with Crippen molar-refractivity contribution >= 4 is 15.7 Å². The smallest absolute Gasteiger partial charge is 0.224 e. The van der Waals surface area contributed by atoms with E-state index in [2.05, 4.69) is 5.32 Å². The second-order valence-electron chi connectivity index (χ2n) is 5.19. The number of amides is 1. The van der Waals surface area contributed by atoms with Crippen LogP contribution in [0.2, 0.25) is 0 Å². The van der Waals surface area contributed by atoms with E-state index < -0.39 is 9.84 Å².